The molecule has 0 amide bonds. The minimum Gasteiger partial charge on any atom is -0.388 e. The van der Waals surface area contributed by atoms with Crippen molar-refractivity contribution in [1.29, 1.82) is 5.26 Å². The second kappa shape index (κ2) is 5.87. The summed E-state index contributed by atoms with van der Waals surface area (Å²) < 4.78 is 78.2. The first-order valence-electron chi connectivity index (χ1n) is 4.87. The van der Waals surface area contributed by atoms with E-state index in [1.54, 1.807) is 0 Å². The Morgan fingerprint density at radius 1 is 1.25 bits per heavy atom. The first-order valence-corrected chi connectivity index (χ1v) is 5.99. The molecule has 0 atom stereocenters. The maximum absolute atomic E-state index is 12.7. The van der Waals surface area contributed by atoms with Crippen molar-refractivity contribution in [3.63, 3.8) is 0 Å². The molecule has 3 nitrogen and oxygen atoms in total. The minimum absolute atomic E-state index is 0.318. The molecule has 0 fully saturated rings. The van der Waals surface area contributed by atoms with Crippen LogP contribution in [0.5, 0.6) is 5.88 Å². The van der Waals surface area contributed by atoms with Gasteiger partial charge in [-0.3, -0.25) is 0 Å². The van der Waals surface area contributed by atoms with Gasteiger partial charge in [-0.05, 0) is 6.07 Å². The van der Waals surface area contributed by atoms with Crippen LogP contribution in [-0.2, 0) is 17.9 Å². The fourth-order valence-electron chi connectivity index (χ4n) is 1.32. The second-order valence-corrected chi connectivity index (χ2v) is 4.02. The molecule has 0 saturated heterocycles. The summed E-state index contributed by atoms with van der Waals surface area (Å²) in [6.07, 6.45) is -10.7. The van der Waals surface area contributed by atoms with Gasteiger partial charge in [-0.1, -0.05) is 15.9 Å². The van der Waals surface area contributed by atoms with Crippen molar-refractivity contribution in [2.24, 2.45) is 0 Å². The quantitative estimate of drug-likeness (QED) is 0.603. The van der Waals surface area contributed by atoms with E-state index < -0.39 is 41.7 Å². The van der Waals surface area contributed by atoms with E-state index in [1.165, 1.54) is 6.07 Å². The fourth-order valence-corrected chi connectivity index (χ4v) is 1.72. The summed E-state index contributed by atoms with van der Waals surface area (Å²) in [5.74, 6) is -1.01. The third-order valence-electron chi connectivity index (χ3n) is 2.05. The van der Waals surface area contributed by atoms with Crippen LogP contribution in [0, 0.1) is 11.3 Å². The van der Waals surface area contributed by atoms with E-state index in [0.29, 0.717) is 6.07 Å². The van der Waals surface area contributed by atoms with E-state index in [-0.39, 0.29) is 5.33 Å². The van der Waals surface area contributed by atoms with Gasteiger partial charge in [0.2, 0.25) is 5.88 Å². The Labute approximate surface area is 117 Å². The Kier molecular flexibility index (Phi) is 4.86. The van der Waals surface area contributed by atoms with E-state index in [0.717, 1.165) is 0 Å². The van der Waals surface area contributed by atoms with E-state index in [2.05, 4.69) is 25.7 Å². The molecular weight excluding hydrogens is 358 g/mol. The lowest BCUT2D eigenvalue weighted by Crippen LogP contribution is -2.21. The molecule has 0 aliphatic carbocycles. The Hall–Kier alpha value is -1.50. The summed E-state index contributed by atoms with van der Waals surface area (Å²) in [4.78, 5) is 3.17. The highest BCUT2D eigenvalue weighted by molar-refractivity contribution is 9.08. The predicted molar refractivity (Wildman–Crippen MR) is 57.9 cm³/mol. The van der Waals surface area contributed by atoms with Gasteiger partial charge in [0.1, 0.15) is 0 Å². The zero-order valence-corrected chi connectivity index (χ0v) is 11.0. The Morgan fingerprint density at radius 3 is 2.25 bits per heavy atom. The van der Waals surface area contributed by atoms with Crippen LogP contribution >= 0.6 is 15.9 Å². The maximum atomic E-state index is 12.7. The number of rotatable bonds is 3. The molecule has 0 aliphatic heterocycles. The molecule has 0 bridgehead atoms. The van der Waals surface area contributed by atoms with Gasteiger partial charge < -0.3 is 4.74 Å². The van der Waals surface area contributed by atoms with Gasteiger partial charge >= 0.3 is 12.5 Å². The number of hydrogen-bond donors (Lipinski definition) is 0. The van der Waals surface area contributed by atoms with Gasteiger partial charge in [0.05, 0.1) is 23.7 Å². The molecule has 0 aliphatic rings. The SMILES string of the molecule is N#CCc1nc(OC(F)(F)F)c(CBr)cc1C(F)(F)F. The molecule has 0 saturated carbocycles. The number of aromatic nitrogens is 1. The van der Waals surface area contributed by atoms with E-state index >= 15 is 0 Å². The Bertz CT molecular complexity index is 534. The van der Waals surface area contributed by atoms with Gasteiger partial charge in [-0.2, -0.15) is 18.4 Å². The number of ether oxygens (including phenoxy) is 1. The molecule has 0 radical (unpaired) electrons. The summed E-state index contributed by atoms with van der Waals surface area (Å²) in [5.41, 5.74) is -2.50. The lowest BCUT2D eigenvalue weighted by atomic mass is 10.1. The normalized spacial score (nSPS) is 12.1. The van der Waals surface area contributed by atoms with Gasteiger partial charge in [0, 0.05) is 10.9 Å². The average Bonchev–Trinajstić information content (AvgIpc) is 2.26. The van der Waals surface area contributed by atoms with Crippen molar-refractivity contribution in [3.05, 3.63) is 22.9 Å². The van der Waals surface area contributed by atoms with Crippen LogP contribution in [0.15, 0.2) is 6.07 Å². The zero-order valence-electron chi connectivity index (χ0n) is 9.44. The number of halogens is 7. The summed E-state index contributed by atoms with van der Waals surface area (Å²) in [5, 5.41) is 8.11. The summed E-state index contributed by atoms with van der Waals surface area (Å²) in [6.45, 7) is 0. The van der Waals surface area contributed by atoms with Crippen LogP contribution < -0.4 is 4.74 Å². The number of hydrogen-bond acceptors (Lipinski definition) is 3. The van der Waals surface area contributed by atoms with Crippen molar-refractivity contribution in [3.8, 4) is 11.9 Å². The first-order chi connectivity index (χ1) is 9.08. The van der Waals surface area contributed by atoms with E-state index in [4.69, 9.17) is 5.26 Å². The smallest absolute Gasteiger partial charge is 0.388 e. The molecule has 1 heterocycles. The molecule has 0 spiro atoms. The minimum atomic E-state index is -5.09. The van der Waals surface area contributed by atoms with Crippen LogP contribution in [0.3, 0.4) is 0 Å². The molecule has 1 aromatic heterocycles. The molecule has 110 valence electrons. The molecule has 0 N–H and O–H groups in total. The van der Waals surface area contributed by atoms with Crippen LogP contribution in [-0.4, -0.2) is 11.3 Å². The van der Waals surface area contributed by atoms with Gasteiger partial charge in [-0.25, -0.2) is 4.98 Å². The lowest BCUT2D eigenvalue weighted by Gasteiger charge is -2.16. The third-order valence-corrected chi connectivity index (χ3v) is 2.65. The molecule has 20 heavy (non-hydrogen) atoms. The Morgan fingerprint density at radius 2 is 1.85 bits per heavy atom. The van der Waals surface area contributed by atoms with Gasteiger partial charge in [-0.15, -0.1) is 13.2 Å². The molecular formula is C10H5BrF6N2O. The fraction of sp³-hybridized carbons (Fsp3) is 0.400. The summed E-state index contributed by atoms with van der Waals surface area (Å²) in [6, 6.07) is 1.89. The third kappa shape index (κ3) is 4.26. The van der Waals surface area contributed by atoms with Crippen LogP contribution in [0.25, 0.3) is 0 Å². The average molecular weight is 363 g/mol. The van der Waals surface area contributed by atoms with Crippen LogP contribution in [0.2, 0.25) is 0 Å². The first kappa shape index (κ1) is 16.6. The molecule has 1 aromatic rings. The van der Waals surface area contributed by atoms with Crippen molar-refractivity contribution < 1.29 is 31.1 Å². The highest BCUT2D eigenvalue weighted by atomic mass is 79.9. The standard InChI is InChI=1S/C10H5BrF6N2O/c11-4-5-3-6(9(12,13)14)7(1-2-18)19-8(5)20-10(15,16)17/h3H,1,4H2. The number of pyridine rings is 1. The van der Waals surface area contributed by atoms with Crippen molar-refractivity contribution in [1.82, 2.24) is 4.98 Å². The van der Waals surface area contributed by atoms with Crippen molar-refractivity contribution >= 4 is 15.9 Å². The molecule has 0 aromatic carbocycles. The van der Waals surface area contributed by atoms with Crippen LogP contribution in [0.4, 0.5) is 26.3 Å². The van der Waals surface area contributed by atoms with Crippen molar-refractivity contribution in [2.75, 3.05) is 0 Å². The monoisotopic (exact) mass is 362 g/mol. The van der Waals surface area contributed by atoms with Crippen LogP contribution in [0.1, 0.15) is 16.8 Å². The Balaban J connectivity index is 3.41. The summed E-state index contributed by atoms with van der Waals surface area (Å²) >= 11 is 2.76. The molecule has 0 unspecified atom stereocenters. The largest absolute Gasteiger partial charge is 0.574 e. The summed E-state index contributed by atoms with van der Waals surface area (Å²) in [7, 11) is 0. The van der Waals surface area contributed by atoms with E-state index in [1.807, 2.05) is 0 Å². The lowest BCUT2D eigenvalue weighted by molar-refractivity contribution is -0.276. The topological polar surface area (TPSA) is 45.9 Å². The van der Waals surface area contributed by atoms with E-state index in [9.17, 15) is 26.3 Å². The molecule has 10 heteroatoms. The zero-order chi connectivity index (χ0) is 15.6. The maximum Gasteiger partial charge on any atom is 0.574 e. The predicted octanol–water partition coefficient (Wildman–Crippen LogP) is 3.96. The number of nitrogens with zero attached hydrogens (tertiary/aromatic N) is 2. The highest BCUT2D eigenvalue weighted by Gasteiger charge is 2.37. The highest BCUT2D eigenvalue weighted by Crippen LogP contribution is 2.36. The molecule has 1 rings (SSSR count). The number of alkyl halides is 7. The van der Waals surface area contributed by atoms with Gasteiger partial charge in [0.15, 0.2) is 0 Å². The second-order valence-electron chi connectivity index (χ2n) is 3.46. The van der Waals surface area contributed by atoms with Crippen molar-refractivity contribution in [2.45, 2.75) is 24.3 Å². The number of nitriles is 1. The van der Waals surface area contributed by atoms with Gasteiger partial charge in [0.25, 0.3) is 0 Å².